The lowest BCUT2D eigenvalue weighted by Gasteiger charge is -2.08. The summed E-state index contributed by atoms with van der Waals surface area (Å²) in [6, 6.07) is 4.36. The number of rotatable bonds is 8. The summed E-state index contributed by atoms with van der Waals surface area (Å²) in [7, 11) is 0. The Morgan fingerprint density at radius 1 is 1.45 bits per heavy atom. The van der Waals surface area contributed by atoms with E-state index in [1.165, 1.54) is 31.4 Å². The van der Waals surface area contributed by atoms with Gasteiger partial charge in [-0.1, -0.05) is 25.0 Å². The normalized spacial score (nSPS) is 14.2. The third-order valence-corrected chi connectivity index (χ3v) is 3.52. The predicted octanol–water partition coefficient (Wildman–Crippen LogP) is 2.57. The van der Waals surface area contributed by atoms with Crippen LogP contribution in [0, 0.1) is 16.0 Å². The van der Waals surface area contributed by atoms with E-state index in [-0.39, 0.29) is 11.3 Å². The first-order chi connectivity index (χ1) is 9.59. The predicted molar refractivity (Wildman–Crippen MR) is 73.7 cm³/mol. The number of carbonyl (C=O) groups is 1. The third kappa shape index (κ3) is 3.77. The SMILES string of the molecule is O=C(O)c1c(CNCCCC2CC2)cccc1[N+](=O)[O-]. The maximum Gasteiger partial charge on any atom is 0.343 e. The Kier molecular flexibility index (Phi) is 4.68. The Morgan fingerprint density at radius 2 is 2.20 bits per heavy atom. The van der Waals surface area contributed by atoms with Gasteiger partial charge in [-0.05, 0) is 30.9 Å². The van der Waals surface area contributed by atoms with Gasteiger partial charge in [0.15, 0.2) is 0 Å². The molecule has 0 unspecified atom stereocenters. The number of carboxylic acid groups (broad SMARTS) is 1. The number of nitrogens with zero attached hydrogens (tertiary/aromatic N) is 1. The molecule has 0 atom stereocenters. The average molecular weight is 278 g/mol. The van der Waals surface area contributed by atoms with Gasteiger partial charge in [-0.3, -0.25) is 10.1 Å². The first-order valence-electron chi connectivity index (χ1n) is 6.80. The monoisotopic (exact) mass is 278 g/mol. The van der Waals surface area contributed by atoms with Crippen molar-refractivity contribution in [3.63, 3.8) is 0 Å². The lowest BCUT2D eigenvalue weighted by molar-refractivity contribution is -0.385. The summed E-state index contributed by atoms with van der Waals surface area (Å²) in [5.74, 6) is -0.378. The molecule has 20 heavy (non-hydrogen) atoms. The molecule has 1 saturated carbocycles. The standard InChI is InChI=1S/C14H18N2O4/c17-14(18)13-11(4-1-5-12(13)16(19)20)9-15-8-2-3-10-6-7-10/h1,4-5,10,15H,2-3,6-9H2,(H,17,18). The molecule has 0 heterocycles. The van der Waals surface area contributed by atoms with Crippen LogP contribution in [-0.4, -0.2) is 22.5 Å². The largest absolute Gasteiger partial charge is 0.477 e. The molecule has 0 spiro atoms. The molecule has 6 heteroatoms. The van der Waals surface area contributed by atoms with Crippen molar-refractivity contribution in [1.29, 1.82) is 0 Å². The van der Waals surface area contributed by atoms with E-state index < -0.39 is 10.9 Å². The maximum atomic E-state index is 11.2. The highest BCUT2D eigenvalue weighted by Gasteiger charge is 2.23. The molecule has 0 amide bonds. The molecule has 1 aromatic rings. The fraction of sp³-hybridized carbons (Fsp3) is 0.500. The topological polar surface area (TPSA) is 92.5 Å². The maximum absolute atomic E-state index is 11.2. The van der Waals surface area contributed by atoms with Gasteiger partial charge in [0.1, 0.15) is 5.56 Å². The van der Waals surface area contributed by atoms with E-state index in [0.29, 0.717) is 12.1 Å². The van der Waals surface area contributed by atoms with E-state index in [4.69, 9.17) is 5.11 Å². The number of hydrogen-bond acceptors (Lipinski definition) is 4. The van der Waals surface area contributed by atoms with Crippen molar-refractivity contribution in [2.45, 2.75) is 32.2 Å². The van der Waals surface area contributed by atoms with Crippen LogP contribution in [0.1, 0.15) is 41.6 Å². The molecule has 2 rings (SSSR count). The molecular weight excluding hydrogens is 260 g/mol. The van der Waals surface area contributed by atoms with Crippen LogP contribution in [0.4, 0.5) is 5.69 Å². The zero-order valence-electron chi connectivity index (χ0n) is 11.2. The molecule has 108 valence electrons. The van der Waals surface area contributed by atoms with Crippen molar-refractivity contribution in [3.8, 4) is 0 Å². The van der Waals surface area contributed by atoms with Crippen molar-refractivity contribution in [2.24, 2.45) is 5.92 Å². The minimum absolute atomic E-state index is 0.216. The van der Waals surface area contributed by atoms with Crippen LogP contribution in [0.3, 0.4) is 0 Å². The highest BCUT2D eigenvalue weighted by molar-refractivity contribution is 5.94. The number of hydrogen-bond donors (Lipinski definition) is 2. The summed E-state index contributed by atoms with van der Waals surface area (Å²) in [5.41, 5.74) is -0.111. The molecule has 2 N–H and O–H groups in total. The zero-order valence-corrected chi connectivity index (χ0v) is 11.2. The van der Waals surface area contributed by atoms with E-state index in [1.54, 1.807) is 6.07 Å². The molecule has 0 radical (unpaired) electrons. The molecule has 0 bridgehead atoms. The number of nitrogens with one attached hydrogen (secondary N) is 1. The third-order valence-electron chi connectivity index (χ3n) is 3.52. The summed E-state index contributed by atoms with van der Waals surface area (Å²) < 4.78 is 0. The second-order valence-corrected chi connectivity index (χ2v) is 5.14. The summed E-state index contributed by atoms with van der Waals surface area (Å²) in [6.45, 7) is 1.15. The van der Waals surface area contributed by atoms with E-state index in [2.05, 4.69) is 5.32 Å². The van der Waals surface area contributed by atoms with Crippen molar-refractivity contribution in [2.75, 3.05) is 6.54 Å². The first-order valence-corrected chi connectivity index (χ1v) is 6.80. The Labute approximate surface area is 117 Å². The smallest absolute Gasteiger partial charge is 0.343 e. The van der Waals surface area contributed by atoms with Crippen molar-refractivity contribution < 1.29 is 14.8 Å². The lowest BCUT2D eigenvalue weighted by Crippen LogP contribution is -2.18. The molecule has 0 aliphatic heterocycles. The van der Waals surface area contributed by atoms with Gasteiger partial charge in [0.25, 0.3) is 5.69 Å². The second-order valence-electron chi connectivity index (χ2n) is 5.14. The van der Waals surface area contributed by atoms with E-state index in [1.807, 2.05) is 0 Å². The van der Waals surface area contributed by atoms with Gasteiger partial charge in [0.05, 0.1) is 4.92 Å². The molecule has 0 aromatic heterocycles. The first kappa shape index (κ1) is 14.5. The van der Waals surface area contributed by atoms with Gasteiger partial charge in [0.2, 0.25) is 0 Å². The van der Waals surface area contributed by atoms with Crippen LogP contribution in [0.25, 0.3) is 0 Å². The zero-order chi connectivity index (χ0) is 14.5. The number of carboxylic acids is 1. The molecule has 1 aromatic carbocycles. The lowest BCUT2D eigenvalue weighted by atomic mass is 10.1. The van der Waals surface area contributed by atoms with Crippen LogP contribution < -0.4 is 5.32 Å². The highest BCUT2D eigenvalue weighted by Crippen LogP contribution is 2.33. The van der Waals surface area contributed by atoms with Crippen molar-refractivity contribution in [1.82, 2.24) is 5.32 Å². The van der Waals surface area contributed by atoms with Crippen molar-refractivity contribution in [3.05, 3.63) is 39.4 Å². The van der Waals surface area contributed by atoms with Crippen LogP contribution in [-0.2, 0) is 6.54 Å². The van der Waals surface area contributed by atoms with E-state index >= 15 is 0 Å². The van der Waals surface area contributed by atoms with Gasteiger partial charge in [-0.15, -0.1) is 0 Å². The Hall–Kier alpha value is -1.95. The number of nitro benzene ring substituents is 1. The Bertz CT molecular complexity index is 512. The van der Waals surface area contributed by atoms with E-state index in [0.717, 1.165) is 18.9 Å². The van der Waals surface area contributed by atoms with Gasteiger partial charge < -0.3 is 10.4 Å². The quantitative estimate of drug-likeness (QED) is 0.433. The van der Waals surface area contributed by atoms with E-state index in [9.17, 15) is 14.9 Å². The number of benzene rings is 1. The average Bonchev–Trinajstić information content (AvgIpc) is 3.21. The molecule has 6 nitrogen and oxygen atoms in total. The minimum Gasteiger partial charge on any atom is -0.477 e. The van der Waals surface area contributed by atoms with Crippen LogP contribution >= 0.6 is 0 Å². The fourth-order valence-electron chi connectivity index (χ4n) is 2.28. The molecule has 1 aliphatic rings. The number of aromatic carboxylic acids is 1. The van der Waals surface area contributed by atoms with Gasteiger partial charge in [0, 0.05) is 12.6 Å². The molecule has 0 saturated heterocycles. The summed E-state index contributed by atoms with van der Waals surface area (Å²) in [4.78, 5) is 21.4. The Balaban J connectivity index is 1.96. The molecule has 1 fully saturated rings. The van der Waals surface area contributed by atoms with Gasteiger partial charge in [-0.2, -0.15) is 0 Å². The molecular formula is C14H18N2O4. The Morgan fingerprint density at radius 3 is 2.80 bits per heavy atom. The van der Waals surface area contributed by atoms with Crippen molar-refractivity contribution >= 4 is 11.7 Å². The van der Waals surface area contributed by atoms with Crippen LogP contribution in [0.5, 0.6) is 0 Å². The number of nitro groups is 1. The fourth-order valence-corrected chi connectivity index (χ4v) is 2.28. The summed E-state index contributed by atoms with van der Waals surface area (Å²) in [5, 5.41) is 23.2. The second kappa shape index (κ2) is 6.47. The van der Waals surface area contributed by atoms with Gasteiger partial charge in [-0.25, -0.2) is 4.79 Å². The van der Waals surface area contributed by atoms with Crippen LogP contribution in [0.15, 0.2) is 18.2 Å². The highest BCUT2D eigenvalue weighted by atomic mass is 16.6. The molecule has 1 aliphatic carbocycles. The summed E-state index contributed by atoms with van der Waals surface area (Å²) >= 11 is 0. The summed E-state index contributed by atoms with van der Waals surface area (Å²) in [6.07, 6.45) is 4.91. The minimum atomic E-state index is -1.26. The van der Waals surface area contributed by atoms with Gasteiger partial charge >= 0.3 is 5.97 Å². The van der Waals surface area contributed by atoms with Crippen LogP contribution in [0.2, 0.25) is 0 Å².